The molecule has 0 radical (unpaired) electrons. The second-order valence-electron chi connectivity index (χ2n) is 3.25. The normalized spacial score (nSPS) is 12.3. The van der Waals surface area contributed by atoms with Gasteiger partial charge in [0.2, 0.25) is 0 Å². The third-order valence-corrected chi connectivity index (χ3v) is 2.85. The van der Waals surface area contributed by atoms with Gasteiger partial charge in [-0.3, -0.25) is 9.78 Å². The van der Waals surface area contributed by atoms with Gasteiger partial charge in [0.15, 0.2) is 5.78 Å². The average Bonchev–Trinajstić information content (AvgIpc) is 2.82. The number of Topliss-reactive ketones (excluding diaryl/α,β-unsaturated/α-hetero) is 1. The lowest BCUT2D eigenvalue weighted by atomic mass is 9.97. The van der Waals surface area contributed by atoms with Crippen molar-refractivity contribution in [3.63, 3.8) is 0 Å². The van der Waals surface area contributed by atoms with E-state index < -0.39 is 0 Å². The summed E-state index contributed by atoms with van der Waals surface area (Å²) in [6.45, 7) is 1.87. The molecule has 2 heterocycles. The molecular weight excluding hydrogens is 208 g/mol. The molecule has 0 bridgehead atoms. The number of pyridine rings is 1. The minimum Gasteiger partial charge on any atom is -0.292 e. The van der Waals surface area contributed by atoms with Gasteiger partial charge in [0.25, 0.3) is 0 Å². The van der Waals surface area contributed by atoms with E-state index in [2.05, 4.69) is 9.97 Å². The van der Waals surface area contributed by atoms with E-state index in [0.717, 1.165) is 5.56 Å². The Hall–Kier alpha value is -1.55. The maximum Gasteiger partial charge on any atom is 0.189 e. The number of thiazole rings is 1. The van der Waals surface area contributed by atoms with Gasteiger partial charge in [0, 0.05) is 23.7 Å². The molecule has 1 atom stereocenters. The van der Waals surface area contributed by atoms with Crippen LogP contribution in [0, 0.1) is 0 Å². The van der Waals surface area contributed by atoms with Crippen LogP contribution in [0.3, 0.4) is 0 Å². The fourth-order valence-electron chi connectivity index (χ4n) is 1.34. The summed E-state index contributed by atoms with van der Waals surface area (Å²) in [6.07, 6.45) is 3.42. The van der Waals surface area contributed by atoms with E-state index in [1.54, 1.807) is 23.3 Å². The Bertz CT molecular complexity index is 439. The fourth-order valence-corrected chi connectivity index (χ4v) is 1.88. The van der Waals surface area contributed by atoms with Crippen molar-refractivity contribution in [1.82, 2.24) is 9.97 Å². The Morgan fingerprint density at radius 1 is 1.53 bits per heavy atom. The van der Waals surface area contributed by atoms with Crippen LogP contribution < -0.4 is 0 Å². The van der Waals surface area contributed by atoms with Crippen LogP contribution in [0.2, 0.25) is 0 Å². The van der Waals surface area contributed by atoms with Crippen LogP contribution >= 0.6 is 11.3 Å². The lowest BCUT2D eigenvalue weighted by Crippen LogP contribution is -2.09. The van der Waals surface area contributed by atoms with Crippen molar-refractivity contribution in [3.05, 3.63) is 46.7 Å². The number of rotatable bonds is 3. The smallest absolute Gasteiger partial charge is 0.189 e. The maximum atomic E-state index is 11.9. The molecule has 4 heteroatoms. The van der Waals surface area contributed by atoms with E-state index in [4.69, 9.17) is 0 Å². The van der Waals surface area contributed by atoms with E-state index in [1.807, 2.05) is 19.1 Å². The zero-order valence-corrected chi connectivity index (χ0v) is 9.07. The zero-order chi connectivity index (χ0) is 10.7. The fraction of sp³-hybridized carbons (Fsp3) is 0.182. The maximum absolute atomic E-state index is 11.9. The minimum absolute atomic E-state index is 0.0456. The summed E-state index contributed by atoms with van der Waals surface area (Å²) >= 11 is 1.43. The highest BCUT2D eigenvalue weighted by Gasteiger charge is 2.18. The van der Waals surface area contributed by atoms with E-state index in [1.165, 1.54) is 11.3 Å². The number of ketones is 1. The minimum atomic E-state index is -0.180. The number of hydrogen-bond donors (Lipinski definition) is 0. The lowest BCUT2D eigenvalue weighted by molar-refractivity contribution is 0.0962. The first-order chi connectivity index (χ1) is 7.29. The second-order valence-corrected chi connectivity index (χ2v) is 3.96. The average molecular weight is 218 g/mol. The summed E-state index contributed by atoms with van der Waals surface area (Å²) < 4.78 is 0. The van der Waals surface area contributed by atoms with E-state index in [0.29, 0.717) is 5.69 Å². The van der Waals surface area contributed by atoms with Crippen LogP contribution in [-0.2, 0) is 0 Å². The van der Waals surface area contributed by atoms with E-state index in [9.17, 15) is 4.79 Å². The quantitative estimate of drug-likeness (QED) is 0.743. The molecule has 0 N–H and O–H groups in total. The molecule has 0 aliphatic rings. The summed E-state index contributed by atoms with van der Waals surface area (Å²) in [7, 11) is 0. The largest absolute Gasteiger partial charge is 0.292 e. The van der Waals surface area contributed by atoms with Gasteiger partial charge in [0.1, 0.15) is 5.69 Å². The molecule has 2 rings (SSSR count). The summed E-state index contributed by atoms with van der Waals surface area (Å²) in [5.74, 6) is -0.134. The number of nitrogens with zero attached hydrogens (tertiary/aromatic N) is 2. The molecule has 15 heavy (non-hydrogen) atoms. The van der Waals surface area contributed by atoms with Crippen molar-refractivity contribution < 1.29 is 4.79 Å². The molecule has 0 saturated carbocycles. The van der Waals surface area contributed by atoms with Crippen molar-refractivity contribution in [3.8, 4) is 0 Å². The molecule has 0 fully saturated rings. The Kier molecular flexibility index (Phi) is 2.87. The predicted molar refractivity (Wildman–Crippen MR) is 59.1 cm³/mol. The van der Waals surface area contributed by atoms with Crippen LogP contribution in [-0.4, -0.2) is 15.8 Å². The van der Waals surface area contributed by atoms with Crippen molar-refractivity contribution in [2.24, 2.45) is 0 Å². The summed E-state index contributed by atoms with van der Waals surface area (Å²) in [6, 6.07) is 3.74. The van der Waals surface area contributed by atoms with E-state index >= 15 is 0 Å². The van der Waals surface area contributed by atoms with Crippen molar-refractivity contribution in [1.29, 1.82) is 0 Å². The summed E-state index contributed by atoms with van der Waals surface area (Å²) in [4.78, 5) is 19.9. The Morgan fingerprint density at radius 2 is 2.40 bits per heavy atom. The second kappa shape index (κ2) is 4.31. The molecular formula is C11H10N2OS. The SMILES string of the molecule is CC(C(=O)c1cscn1)c1cccnc1. The van der Waals surface area contributed by atoms with Crippen LogP contribution in [0.1, 0.15) is 28.9 Å². The van der Waals surface area contributed by atoms with Crippen molar-refractivity contribution in [2.75, 3.05) is 0 Å². The van der Waals surface area contributed by atoms with Gasteiger partial charge < -0.3 is 0 Å². The topological polar surface area (TPSA) is 42.9 Å². The molecule has 0 saturated heterocycles. The van der Waals surface area contributed by atoms with Crippen LogP contribution in [0.5, 0.6) is 0 Å². The van der Waals surface area contributed by atoms with E-state index in [-0.39, 0.29) is 11.7 Å². The highest BCUT2D eigenvalue weighted by atomic mass is 32.1. The van der Waals surface area contributed by atoms with Gasteiger partial charge in [-0.25, -0.2) is 4.98 Å². The van der Waals surface area contributed by atoms with Gasteiger partial charge in [0.05, 0.1) is 5.51 Å². The monoisotopic (exact) mass is 218 g/mol. The van der Waals surface area contributed by atoms with Gasteiger partial charge in [-0.15, -0.1) is 11.3 Å². The number of carbonyl (C=O) groups is 1. The molecule has 76 valence electrons. The molecule has 0 aliphatic carbocycles. The molecule has 2 aromatic rings. The first kappa shape index (κ1) is 9.98. The molecule has 0 spiro atoms. The molecule has 0 amide bonds. The third-order valence-electron chi connectivity index (χ3n) is 2.26. The molecule has 0 aliphatic heterocycles. The van der Waals surface area contributed by atoms with Crippen LogP contribution in [0.4, 0.5) is 0 Å². The van der Waals surface area contributed by atoms with Gasteiger partial charge in [-0.2, -0.15) is 0 Å². The summed E-state index contributed by atoms with van der Waals surface area (Å²) in [5, 5.41) is 1.77. The first-order valence-electron chi connectivity index (χ1n) is 4.61. The predicted octanol–water partition coefficient (Wildman–Crippen LogP) is 2.52. The summed E-state index contributed by atoms with van der Waals surface area (Å²) in [5.41, 5.74) is 3.13. The molecule has 2 aromatic heterocycles. The van der Waals surface area contributed by atoms with Gasteiger partial charge in [-0.05, 0) is 11.6 Å². The van der Waals surface area contributed by atoms with Crippen molar-refractivity contribution in [2.45, 2.75) is 12.8 Å². The third kappa shape index (κ3) is 2.10. The van der Waals surface area contributed by atoms with Gasteiger partial charge >= 0.3 is 0 Å². The number of carbonyl (C=O) groups excluding carboxylic acids is 1. The molecule has 0 aromatic carbocycles. The number of aromatic nitrogens is 2. The van der Waals surface area contributed by atoms with Crippen LogP contribution in [0.25, 0.3) is 0 Å². The lowest BCUT2D eigenvalue weighted by Gasteiger charge is -2.07. The highest BCUT2D eigenvalue weighted by Crippen LogP contribution is 2.19. The standard InChI is InChI=1S/C11H10N2OS/c1-8(9-3-2-4-12-5-9)11(14)10-6-15-7-13-10/h2-8H,1H3. The zero-order valence-electron chi connectivity index (χ0n) is 8.25. The highest BCUT2D eigenvalue weighted by molar-refractivity contribution is 7.07. The van der Waals surface area contributed by atoms with Crippen LogP contribution in [0.15, 0.2) is 35.4 Å². The Morgan fingerprint density at radius 3 is 3.00 bits per heavy atom. The first-order valence-corrected chi connectivity index (χ1v) is 5.55. The van der Waals surface area contributed by atoms with Gasteiger partial charge in [-0.1, -0.05) is 13.0 Å². The Labute approximate surface area is 91.8 Å². The molecule has 3 nitrogen and oxygen atoms in total. The van der Waals surface area contributed by atoms with Crippen molar-refractivity contribution >= 4 is 17.1 Å². The number of hydrogen-bond acceptors (Lipinski definition) is 4. The Balaban J connectivity index is 2.23. The molecule has 1 unspecified atom stereocenters.